The third-order valence-electron chi connectivity index (χ3n) is 8.96. The minimum Gasteiger partial charge on any atom is -0.462 e. The van der Waals surface area contributed by atoms with E-state index in [0.717, 1.165) is 44.9 Å². The highest BCUT2D eigenvalue weighted by Crippen LogP contribution is 2.63. The third-order valence-corrected chi connectivity index (χ3v) is 8.96. The van der Waals surface area contributed by atoms with Gasteiger partial charge in [-0.2, -0.15) is 0 Å². The molecule has 2 aliphatic rings. The van der Waals surface area contributed by atoms with E-state index in [1.165, 1.54) is 27.6 Å². The average Bonchev–Trinajstić information content (AvgIpc) is 3.16. The number of hydrogen-bond acceptors (Lipinski definition) is 2. The molecule has 3 heteroatoms. The Morgan fingerprint density at radius 2 is 1.97 bits per heavy atom. The molecule has 5 atom stereocenters. The molecular weight excluding hydrogens is 406 g/mol. The number of esters is 1. The molecule has 1 heterocycles. The number of para-hydroxylation sites is 1. The number of carbonyl (C=O) groups is 1. The molecule has 33 heavy (non-hydrogen) atoms. The first kappa shape index (κ1) is 23.9. The second kappa shape index (κ2) is 9.16. The van der Waals surface area contributed by atoms with E-state index in [9.17, 15) is 4.79 Å². The number of nitrogens with one attached hydrogen (secondary N) is 1. The van der Waals surface area contributed by atoms with Gasteiger partial charge in [0.15, 0.2) is 0 Å². The molecule has 2 saturated carbocycles. The Balaban J connectivity index is 1.68. The molecule has 2 aromatic rings. The first-order valence-electron chi connectivity index (χ1n) is 12.7. The molecular formula is C30H41NO2. The van der Waals surface area contributed by atoms with Crippen LogP contribution in [0.2, 0.25) is 0 Å². The number of hydrogen-bond donors (Lipinski definition) is 1. The largest absolute Gasteiger partial charge is 0.462 e. The maximum Gasteiger partial charge on any atom is 0.302 e. The Kier molecular flexibility index (Phi) is 6.62. The van der Waals surface area contributed by atoms with Crippen LogP contribution in [0.1, 0.15) is 78.7 Å². The Labute approximate surface area is 199 Å². The Morgan fingerprint density at radius 3 is 2.70 bits per heavy atom. The minimum atomic E-state index is -0.146. The van der Waals surface area contributed by atoms with Crippen LogP contribution in [0.4, 0.5) is 0 Å². The second-order valence-electron chi connectivity index (χ2n) is 11.3. The summed E-state index contributed by atoms with van der Waals surface area (Å²) in [6.07, 6.45) is 11.9. The molecule has 1 aromatic heterocycles. The van der Waals surface area contributed by atoms with Crippen LogP contribution in [0.15, 0.2) is 54.3 Å². The lowest BCUT2D eigenvalue weighted by Crippen LogP contribution is -2.57. The topological polar surface area (TPSA) is 42.1 Å². The van der Waals surface area contributed by atoms with Gasteiger partial charge in [0.1, 0.15) is 6.10 Å². The Hall–Kier alpha value is -2.29. The first-order chi connectivity index (χ1) is 15.6. The van der Waals surface area contributed by atoms with E-state index in [4.69, 9.17) is 4.74 Å². The SMILES string of the molecule is C=C1CCC2C(C)(CCC=C(C)C)C(OC(C)=O)CCC2(C)C1Cc1c[nH]c2ccccc12. The Bertz CT molecular complexity index is 1060. The zero-order valence-electron chi connectivity index (χ0n) is 21.2. The van der Waals surface area contributed by atoms with E-state index in [1.54, 1.807) is 6.92 Å². The lowest BCUT2D eigenvalue weighted by molar-refractivity contribution is -0.178. The highest BCUT2D eigenvalue weighted by Gasteiger charge is 2.58. The number of allylic oxidation sites excluding steroid dienone is 3. The van der Waals surface area contributed by atoms with Gasteiger partial charge >= 0.3 is 5.97 Å². The fraction of sp³-hybridized carbons (Fsp3) is 0.567. The molecule has 2 aliphatic carbocycles. The van der Waals surface area contributed by atoms with Crippen molar-refractivity contribution in [3.8, 4) is 0 Å². The molecule has 0 radical (unpaired) electrons. The standard InChI is InChI=1S/C30H41NO2/c1-20(2)10-9-16-30(6)27-14-13-21(3)25(29(27,5)17-15-28(30)33-22(4)32)18-23-19-31-26-12-8-7-11-24(23)26/h7-8,10-12,19,25,27-28,31H,3,9,13-18H2,1-2,4-6H3. The van der Waals surface area contributed by atoms with E-state index in [2.05, 4.69) is 75.8 Å². The van der Waals surface area contributed by atoms with Gasteiger partial charge in [0.2, 0.25) is 0 Å². The molecule has 0 bridgehead atoms. The zero-order chi connectivity index (χ0) is 23.8. The van der Waals surface area contributed by atoms with Crippen molar-refractivity contribution in [2.75, 3.05) is 0 Å². The van der Waals surface area contributed by atoms with Gasteiger partial charge in [-0.25, -0.2) is 0 Å². The molecule has 0 saturated heterocycles. The predicted octanol–water partition coefficient (Wildman–Crippen LogP) is 7.78. The monoisotopic (exact) mass is 447 g/mol. The number of rotatable bonds is 6. The predicted molar refractivity (Wildman–Crippen MR) is 137 cm³/mol. The van der Waals surface area contributed by atoms with Crippen molar-refractivity contribution in [3.05, 3.63) is 59.8 Å². The molecule has 0 spiro atoms. The van der Waals surface area contributed by atoms with E-state index >= 15 is 0 Å². The van der Waals surface area contributed by atoms with Gasteiger partial charge in [-0.05, 0) is 87.7 Å². The quantitative estimate of drug-likeness (QED) is 0.363. The second-order valence-corrected chi connectivity index (χ2v) is 11.3. The molecule has 3 nitrogen and oxygen atoms in total. The smallest absolute Gasteiger partial charge is 0.302 e. The number of ether oxygens (including phenoxy) is 1. The van der Waals surface area contributed by atoms with Crippen LogP contribution >= 0.6 is 0 Å². The van der Waals surface area contributed by atoms with E-state index in [0.29, 0.717) is 11.8 Å². The summed E-state index contributed by atoms with van der Waals surface area (Å²) >= 11 is 0. The number of benzene rings is 1. The van der Waals surface area contributed by atoms with Crippen molar-refractivity contribution in [3.63, 3.8) is 0 Å². The number of carbonyl (C=O) groups excluding carboxylic acids is 1. The van der Waals surface area contributed by atoms with Crippen LogP contribution in [0, 0.1) is 22.7 Å². The fourth-order valence-corrected chi connectivity index (χ4v) is 7.27. The maximum absolute atomic E-state index is 12.0. The summed E-state index contributed by atoms with van der Waals surface area (Å²) < 4.78 is 6.00. The summed E-state index contributed by atoms with van der Waals surface area (Å²) in [5, 5.41) is 1.33. The maximum atomic E-state index is 12.0. The summed E-state index contributed by atoms with van der Waals surface area (Å²) in [4.78, 5) is 15.5. The van der Waals surface area contributed by atoms with Crippen molar-refractivity contribution in [2.45, 2.75) is 85.7 Å². The third kappa shape index (κ3) is 4.44. The van der Waals surface area contributed by atoms with Crippen LogP contribution in [-0.2, 0) is 16.0 Å². The summed E-state index contributed by atoms with van der Waals surface area (Å²) in [5.74, 6) is 0.804. The van der Waals surface area contributed by atoms with Crippen molar-refractivity contribution in [1.29, 1.82) is 0 Å². The average molecular weight is 448 g/mol. The van der Waals surface area contributed by atoms with E-state index in [1.807, 2.05) is 0 Å². The molecule has 5 unspecified atom stereocenters. The molecule has 0 aliphatic heterocycles. The van der Waals surface area contributed by atoms with Gasteiger partial charge in [-0.1, -0.05) is 55.8 Å². The molecule has 1 N–H and O–H groups in total. The van der Waals surface area contributed by atoms with Gasteiger partial charge in [0, 0.05) is 29.4 Å². The van der Waals surface area contributed by atoms with Gasteiger partial charge in [0.25, 0.3) is 0 Å². The Morgan fingerprint density at radius 1 is 1.21 bits per heavy atom. The lowest BCUT2D eigenvalue weighted by atomic mass is 9.45. The molecule has 0 amide bonds. The van der Waals surface area contributed by atoms with Crippen LogP contribution in [0.3, 0.4) is 0 Å². The lowest BCUT2D eigenvalue weighted by Gasteiger charge is -2.61. The van der Waals surface area contributed by atoms with Gasteiger partial charge in [0.05, 0.1) is 0 Å². The number of H-pyrrole nitrogens is 1. The zero-order valence-corrected chi connectivity index (χ0v) is 21.2. The summed E-state index contributed by atoms with van der Waals surface area (Å²) in [6.45, 7) is 15.4. The number of aromatic amines is 1. The molecule has 178 valence electrons. The van der Waals surface area contributed by atoms with Crippen molar-refractivity contribution >= 4 is 16.9 Å². The van der Waals surface area contributed by atoms with Crippen molar-refractivity contribution < 1.29 is 9.53 Å². The van der Waals surface area contributed by atoms with Crippen molar-refractivity contribution in [1.82, 2.24) is 4.98 Å². The van der Waals surface area contributed by atoms with Crippen LogP contribution in [0.5, 0.6) is 0 Å². The van der Waals surface area contributed by atoms with Gasteiger partial charge in [-0.3, -0.25) is 4.79 Å². The number of aromatic nitrogens is 1. The minimum absolute atomic E-state index is 0.00117. The first-order valence-corrected chi connectivity index (χ1v) is 12.7. The van der Waals surface area contributed by atoms with Crippen LogP contribution < -0.4 is 0 Å². The number of fused-ring (bicyclic) bond motifs is 2. The summed E-state index contributed by atoms with van der Waals surface area (Å²) in [5.41, 5.74) is 5.49. The molecule has 1 aromatic carbocycles. The van der Waals surface area contributed by atoms with Crippen molar-refractivity contribution in [2.24, 2.45) is 22.7 Å². The van der Waals surface area contributed by atoms with Crippen LogP contribution in [-0.4, -0.2) is 17.1 Å². The highest BCUT2D eigenvalue weighted by atomic mass is 16.5. The molecule has 4 rings (SSSR count). The van der Waals surface area contributed by atoms with Gasteiger partial charge < -0.3 is 9.72 Å². The van der Waals surface area contributed by atoms with E-state index in [-0.39, 0.29) is 22.9 Å². The van der Waals surface area contributed by atoms with E-state index < -0.39 is 0 Å². The normalized spacial score (nSPS) is 31.8. The van der Waals surface area contributed by atoms with Gasteiger partial charge in [-0.15, -0.1) is 0 Å². The van der Waals surface area contributed by atoms with Crippen LogP contribution in [0.25, 0.3) is 10.9 Å². The molecule has 2 fully saturated rings. The summed E-state index contributed by atoms with van der Waals surface area (Å²) in [7, 11) is 0. The fourth-order valence-electron chi connectivity index (χ4n) is 7.27. The highest BCUT2D eigenvalue weighted by molar-refractivity contribution is 5.83. The summed E-state index contributed by atoms with van der Waals surface area (Å²) in [6, 6.07) is 8.61.